The highest BCUT2D eigenvalue weighted by molar-refractivity contribution is 6.09. The van der Waals surface area contributed by atoms with E-state index in [9.17, 15) is 0 Å². The smallest absolute Gasteiger partial charge is 0.0541 e. The average Bonchev–Trinajstić information content (AvgIpc) is 3.24. The lowest BCUT2D eigenvalue weighted by atomic mass is 9.85. The molecule has 2 nitrogen and oxygen atoms in total. The molecule has 0 fully saturated rings. The molecule has 5 rings (SSSR count). The van der Waals surface area contributed by atoms with Crippen molar-refractivity contribution >= 4 is 21.8 Å². The lowest BCUT2D eigenvalue weighted by Gasteiger charge is -2.19. The summed E-state index contributed by atoms with van der Waals surface area (Å²) in [4.78, 5) is 0. The van der Waals surface area contributed by atoms with Crippen molar-refractivity contribution in [1.82, 2.24) is 4.57 Å². The molecule has 0 radical (unpaired) electrons. The molecule has 0 aliphatic heterocycles. The van der Waals surface area contributed by atoms with E-state index in [1.807, 2.05) is 45.9 Å². The van der Waals surface area contributed by atoms with Gasteiger partial charge in [-0.05, 0) is 72.2 Å². The Morgan fingerprint density at radius 3 is 1.18 bits per heavy atom. The van der Waals surface area contributed by atoms with Gasteiger partial charge in [0.2, 0.25) is 0 Å². The molecule has 2 N–H and O–H groups in total. The second-order valence-corrected chi connectivity index (χ2v) is 11.8. The van der Waals surface area contributed by atoms with Crippen LogP contribution in [0.5, 0.6) is 0 Å². The van der Waals surface area contributed by atoms with Gasteiger partial charge in [0.15, 0.2) is 0 Å². The van der Waals surface area contributed by atoms with E-state index in [0.717, 1.165) is 0 Å². The lowest BCUT2D eigenvalue weighted by Crippen LogP contribution is -2.10. The minimum absolute atomic E-state index is 0. The summed E-state index contributed by atoms with van der Waals surface area (Å²) < 4.78 is 2.41. The highest BCUT2D eigenvalue weighted by atomic mass is 16.0. The third kappa shape index (κ3) is 8.32. The molecule has 5 aromatic rings. The Morgan fingerprint density at radius 1 is 0.475 bits per heavy atom. The highest BCUT2D eigenvalue weighted by Crippen LogP contribution is 2.37. The van der Waals surface area contributed by atoms with Crippen molar-refractivity contribution in [2.75, 3.05) is 0 Å². The molecule has 0 unspecified atom stereocenters. The fourth-order valence-corrected chi connectivity index (χ4v) is 4.46. The summed E-state index contributed by atoms with van der Waals surface area (Å²) in [6, 6.07) is 33.1. The first-order valence-electron chi connectivity index (χ1n) is 14.6. The van der Waals surface area contributed by atoms with Crippen LogP contribution in [0.3, 0.4) is 0 Å². The number of hydrogen-bond donors (Lipinski definition) is 0. The summed E-state index contributed by atoms with van der Waals surface area (Å²) in [7, 11) is 0. The Hall–Kier alpha value is -3.36. The van der Waals surface area contributed by atoms with Crippen LogP contribution in [0.1, 0.15) is 91.5 Å². The first kappa shape index (κ1) is 34.7. The minimum Gasteiger partial charge on any atom is -0.412 e. The van der Waals surface area contributed by atoms with E-state index in [1.165, 1.54) is 49.7 Å². The lowest BCUT2D eigenvalue weighted by molar-refractivity contribution is 0.590. The quantitative estimate of drug-likeness (QED) is 0.203. The minimum atomic E-state index is 0. The zero-order valence-corrected chi connectivity index (χ0v) is 27.1. The molecule has 1 aromatic heterocycles. The largest absolute Gasteiger partial charge is 0.412 e. The van der Waals surface area contributed by atoms with Gasteiger partial charge in [-0.2, -0.15) is 0 Å². The Morgan fingerprint density at radius 2 is 0.850 bits per heavy atom. The van der Waals surface area contributed by atoms with Crippen LogP contribution >= 0.6 is 0 Å². The maximum Gasteiger partial charge on any atom is 0.0541 e. The standard InChI is InChI=1S/C27H31N.C7H8.2C2H6.H2O/c1-18-8-12-21(13-9-18)28-24-14-10-19(26(2,3)4)16-22(24)23-17-20(27(5,6)7)11-15-25(23)28;1-7-5-3-2-4-6-7;2*1-2;/h8-17H,1-7H3;2-6H,1H3;2*1-2H3;1H2. The summed E-state index contributed by atoms with van der Waals surface area (Å²) in [6.45, 7) is 25.9. The maximum atomic E-state index is 2.41. The monoisotopic (exact) mass is 539 g/mol. The predicted octanol–water partition coefficient (Wildman–Crippen LogP) is 10.9. The van der Waals surface area contributed by atoms with Gasteiger partial charge < -0.3 is 10.0 Å². The van der Waals surface area contributed by atoms with Crippen molar-refractivity contribution in [2.45, 2.75) is 93.9 Å². The van der Waals surface area contributed by atoms with Crippen molar-refractivity contribution in [3.63, 3.8) is 0 Å². The van der Waals surface area contributed by atoms with Crippen LogP contribution in [-0.4, -0.2) is 10.0 Å². The molecule has 1 heterocycles. The van der Waals surface area contributed by atoms with Crippen molar-refractivity contribution in [3.05, 3.63) is 113 Å². The molecule has 0 saturated heterocycles. The third-order valence-corrected chi connectivity index (χ3v) is 6.73. The number of rotatable bonds is 1. The Bertz CT molecular complexity index is 1370. The molecule has 0 atom stereocenters. The van der Waals surface area contributed by atoms with Gasteiger partial charge in [0.1, 0.15) is 0 Å². The molecular formula is C38H53NO. The van der Waals surface area contributed by atoms with E-state index in [0.29, 0.717) is 0 Å². The van der Waals surface area contributed by atoms with Crippen LogP contribution in [0.25, 0.3) is 27.5 Å². The van der Waals surface area contributed by atoms with Gasteiger partial charge in [0, 0.05) is 16.5 Å². The molecular weight excluding hydrogens is 486 g/mol. The van der Waals surface area contributed by atoms with Gasteiger partial charge in [-0.15, -0.1) is 0 Å². The van der Waals surface area contributed by atoms with Crippen molar-refractivity contribution in [1.29, 1.82) is 0 Å². The summed E-state index contributed by atoms with van der Waals surface area (Å²) in [6.07, 6.45) is 0. The second-order valence-electron chi connectivity index (χ2n) is 11.8. The van der Waals surface area contributed by atoms with Crippen LogP contribution in [0.15, 0.2) is 91.0 Å². The van der Waals surface area contributed by atoms with Crippen LogP contribution in [-0.2, 0) is 10.8 Å². The molecule has 0 amide bonds. The van der Waals surface area contributed by atoms with Crippen LogP contribution in [0.4, 0.5) is 0 Å². The number of aryl methyl sites for hydroxylation is 2. The highest BCUT2D eigenvalue weighted by Gasteiger charge is 2.20. The zero-order valence-electron chi connectivity index (χ0n) is 27.1. The number of hydrogen-bond acceptors (Lipinski definition) is 0. The SMILES string of the molecule is CC.CC.Cc1ccc(-n2c3ccc(C(C)(C)C)cc3c3cc(C(C)(C)C)ccc32)cc1.Cc1ccccc1.O. The molecule has 4 aromatic carbocycles. The Labute approximate surface area is 244 Å². The number of aromatic nitrogens is 1. The van der Waals surface area contributed by atoms with E-state index < -0.39 is 0 Å². The summed E-state index contributed by atoms with van der Waals surface area (Å²) >= 11 is 0. The number of benzene rings is 4. The second kappa shape index (κ2) is 14.9. The fourth-order valence-electron chi connectivity index (χ4n) is 4.46. The van der Waals surface area contributed by atoms with E-state index in [2.05, 4.69) is 133 Å². The van der Waals surface area contributed by atoms with Gasteiger partial charge in [-0.3, -0.25) is 0 Å². The molecule has 0 bridgehead atoms. The predicted molar refractivity (Wildman–Crippen MR) is 180 cm³/mol. The average molecular weight is 540 g/mol. The van der Waals surface area contributed by atoms with Gasteiger partial charge in [0.25, 0.3) is 0 Å². The third-order valence-electron chi connectivity index (χ3n) is 6.73. The van der Waals surface area contributed by atoms with E-state index in [1.54, 1.807) is 0 Å². The molecule has 216 valence electrons. The normalized spacial score (nSPS) is 10.8. The molecule has 0 aliphatic carbocycles. The van der Waals surface area contributed by atoms with E-state index in [-0.39, 0.29) is 16.3 Å². The van der Waals surface area contributed by atoms with Crippen LogP contribution < -0.4 is 0 Å². The first-order valence-corrected chi connectivity index (χ1v) is 14.6. The van der Waals surface area contributed by atoms with E-state index >= 15 is 0 Å². The van der Waals surface area contributed by atoms with Gasteiger partial charge in [-0.25, -0.2) is 0 Å². The number of fused-ring (bicyclic) bond motifs is 3. The summed E-state index contributed by atoms with van der Waals surface area (Å²) in [5.41, 5.74) is 9.40. The van der Waals surface area contributed by atoms with Crippen LogP contribution in [0, 0.1) is 13.8 Å². The van der Waals surface area contributed by atoms with Crippen molar-refractivity contribution in [3.8, 4) is 5.69 Å². The summed E-state index contributed by atoms with van der Waals surface area (Å²) in [5.74, 6) is 0. The van der Waals surface area contributed by atoms with Gasteiger partial charge in [-0.1, -0.05) is 135 Å². The summed E-state index contributed by atoms with van der Waals surface area (Å²) in [5, 5.41) is 2.68. The molecule has 2 heteroatoms. The molecule has 0 spiro atoms. The first-order chi connectivity index (χ1) is 18.4. The van der Waals surface area contributed by atoms with E-state index in [4.69, 9.17) is 0 Å². The Kier molecular flexibility index (Phi) is 12.9. The molecule has 0 aliphatic rings. The van der Waals surface area contributed by atoms with Gasteiger partial charge in [0.05, 0.1) is 11.0 Å². The molecule has 40 heavy (non-hydrogen) atoms. The zero-order chi connectivity index (χ0) is 29.4. The maximum absolute atomic E-state index is 2.41. The van der Waals surface area contributed by atoms with Crippen molar-refractivity contribution in [2.24, 2.45) is 0 Å². The van der Waals surface area contributed by atoms with Gasteiger partial charge >= 0.3 is 0 Å². The van der Waals surface area contributed by atoms with Crippen LogP contribution in [0.2, 0.25) is 0 Å². The molecule has 0 saturated carbocycles. The number of nitrogens with zero attached hydrogens (tertiary/aromatic N) is 1. The van der Waals surface area contributed by atoms with Crippen molar-refractivity contribution < 1.29 is 5.48 Å². The topological polar surface area (TPSA) is 36.4 Å². The Balaban J connectivity index is 0.000000570. The fraction of sp³-hybridized carbons (Fsp3) is 0.368.